The number of nitrogens with zero attached hydrogens (tertiary/aromatic N) is 2. The van der Waals surface area contributed by atoms with Crippen LogP contribution in [0.2, 0.25) is 0 Å². The van der Waals surface area contributed by atoms with Gasteiger partial charge < -0.3 is 19.7 Å². The van der Waals surface area contributed by atoms with Crippen molar-refractivity contribution in [1.82, 2.24) is 10.2 Å². The second-order valence-electron chi connectivity index (χ2n) is 5.94. The highest BCUT2D eigenvalue weighted by molar-refractivity contribution is 5.79. The molecule has 0 aliphatic heterocycles. The van der Waals surface area contributed by atoms with E-state index < -0.39 is 0 Å². The third-order valence-corrected chi connectivity index (χ3v) is 3.54. The molecule has 130 valence electrons. The first-order valence-corrected chi connectivity index (χ1v) is 8.19. The summed E-state index contributed by atoms with van der Waals surface area (Å²) in [5.74, 6) is 2.43. The summed E-state index contributed by atoms with van der Waals surface area (Å²) in [6.45, 7) is 7.40. The van der Waals surface area contributed by atoms with Crippen LogP contribution in [0.5, 0.6) is 5.75 Å². The highest BCUT2D eigenvalue weighted by atomic mass is 16.5. The fourth-order valence-corrected chi connectivity index (χ4v) is 2.20. The van der Waals surface area contributed by atoms with E-state index in [9.17, 15) is 0 Å². The topological polar surface area (TPSA) is 46.1 Å². The molecule has 1 aromatic rings. The lowest BCUT2D eigenvalue weighted by molar-refractivity contribution is 0.127. The van der Waals surface area contributed by atoms with Gasteiger partial charge in [0, 0.05) is 39.4 Å². The summed E-state index contributed by atoms with van der Waals surface area (Å²) in [5, 5.41) is 3.33. The van der Waals surface area contributed by atoms with Crippen molar-refractivity contribution < 1.29 is 9.47 Å². The Balaban J connectivity index is 2.39. The summed E-state index contributed by atoms with van der Waals surface area (Å²) >= 11 is 0. The van der Waals surface area contributed by atoms with Crippen LogP contribution in [0.25, 0.3) is 0 Å². The molecule has 0 saturated heterocycles. The number of rotatable bonds is 9. The molecule has 0 bridgehead atoms. The number of aliphatic imine (C=N–C) groups is 1. The quantitative estimate of drug-likeness (QED) is 0.431. The Bertz CT molecular complexity index is 475. The standard InChI is InChI=1S/C18H31N3O2/c1-15(2)10-12-23-13-11-20-18(19-3)21(4)14-16-8-6-7-9-17(16)22-5/h6-9,15H,10-14H2,1-5H3,(H,19,20). The van der Waals surface area contributed by atoms with E-state index in [4.69, 9.17) is 9.47 Å². The summed E-state index contributed by atoms with van der Waals surface area (Å²) < 4.78 is 11.0. The molecule has 0 amide bonds. The van der Waals surface area contributed by atoms with E-state index in [0.29, 0.717) is 12.5 Å². The Morgan fingerprint density at radius 2 is 2.00 bits per heavy atom. The highest BCUT2D eigenvalue weighted by Gasteiger charge is 2.09. The Morgan fingerprint density at radius 3 is 2.65 bits per heavy atom. The van der Waals surface area contributed by atoms with Crippen molar-refractivity contribution in [2.45, 2.75) is 26.8 Å². The minimum absolute atomic E-state index is 0.683. The van der Waals surface area contributed by atoms with Gasteiger partial charge in [-0.15, -0.1) is 0 Å². The molecule has 5 heteroatoms. The van der Waals surface area contributed by atoms with Gasteiger partial charge in [-0.3, -0.25) is 4.99 Å². The third-order valence-electron chi connectivity index (χ3n) is 3.54. The monoisotopic (exact) mass is 321 g/mol. The third kappa shape index (κ3) is 7.37. The largest absolute Gasteiger partial charge is 0.496 e. The first kappa shape index (κ1) is 19.3. The molecule has 0 aliphatic rings. The minimum atomic E-state index is 0.683. The minimum Gasteiger partial charge on any atom is -0.496 e. The highest BCUT2D eigenvalue weighted by Crippen LogP contribution is 2.18. The number of guanidine groups is 1. The molecule has 1 N–H and O–H groups in total. The van der Waals surface area contributed by atoms with E-state index in [1.807, 2.05) is 25.2 Å². The van der Waals surface area contributed by atoms with Crippen molar-refractivity contribution in [3.05, 3.63) is 29.8 Å². The summed E-state index contributed by atoms with van der Waals surface area (Å²) in [6.07, 6.45) is 1.10. The van der Waals surface area contributed by atoms with Gasteiger partial charge in [0.05, 0.1) is 13.7 Å². The van der Waals surface area contributed by atoms with Crippen LogP contribution in [0.3, 0.4) is 0 Å². The van der Waals surface area contributed by atoms with Gasteiger partial charge in [-0.05, 0) is 18.4 Å². The van der Waals surface area contributed by atoms with E-state index in [2.05, 4.69) is 35.1 Å². The predicted molar refractivity (Wildman–Crippen MR) is 96.1 cm³/mol. The molecule has 1 rings (SSSR count). The Kier molecular flexibility index (Phi) is 9.14. The van der Waals surface area contributed by atoms with Gasteiger partial charge >= 0.3 is 0 Å². The molecule has 1 aromatic carbocycles. The Labute approximate surface area is 140 Å². The average molecular weight is 321 g/mol. The van der Waals surface area contributed by atoms with Crippen molar-refractivity contribution >= 4 is 5.96 Å². The lowest BCUT2D eigenvalue weighted by Crippen LogP contribution is -2.40. The summed E-state index contributed by atoms with van der Waals surface area (Å²) in [6, 6.07) is 8.04. The molecule has 0 aliphatic carbocycles. The molecule has 0 saturated carbocycles. The predicted octanol–water partition coefficient (Wildman–Crippen LogP) is 2.77. The second-order valence-corrected chi connectivity index (χ2v) is 5.94. The van der Waals surface area contributed by atoms with Crippen molar-refractivity contribution in [1.29, 1.82) is 0 Å². The lowest BCUT2D eigenvalue weighted by Gasteiger charge is -2.23. The van der Waals surface area contributed by atoms with Gasteiger partial charge in [0.25, 0.3) is 0 Å². The number of para-hydroxylation sites is 1. The first-order valence-electron chi connectivity index (χ1n) is 8.19. The van der Waals surface area contributed by atoms with Crippen molar-refractivity contribution in [3.63, 3.8) is 0 Å². The molecule has 0 heterocycles. The van der Waals surface area contributed by atoms with Crippen LogP contribution in [0.15, 0.2) is 29.3 Å². The van der Waals surface area contributed by atoms with Gasteiger partial charge in [0.15, 0.2) is 5.96 Å². The maximum absolute atomic E-state index is 5.62. The lowest BCUT2D eigenvalue weighted by atomic mass is 10.1. The maximum Gasteiger partial charge on any atom is 0.193 e. The van der Waals surface area contributed by atoms with E-state index in [0.717, 1.165) is 43.4 Å². The number of benzene rings is 1. The molecule has 0 aromatic heterocycles. The van der Waals surface area contributed by atoms with Crippen LogP contribution in [0.4, 0.5) is 0 Å². The number of methoxy groups -OCH3 is 1. The van der Waals surface area contributed by atoms with Crippen molar-refractivity contribution in [2.24, 2.45) is 10.9 Å². The first-order chi connectivity index (χ1) is 11.1. The molecule has 0 fully saturated rings. The number of hydrogen-bond donors (Lipinski definition) is 1. The zero-order valence-corrected chi connectivity index (χ0v) is 15.1. The number of nitrogens with one attached hydrogen (secondary N) is 1. The summed E-state index contributed by atoms with van der Waals surface area (Å²) in [7, 11) is 5.50. The average Bonchev–Trinajstić information content (AvgIpc) is 2.54. The SMILES string of the molecule is CN=C(NCCOCCC(C)C)N(C)Cc1ccccc1OC. The zero-order chi connectivity index (χ0) is 17.1. The van der Waals surface area contributed by atoms with Crippen molar-refractivity contribution in [2.75, 3.05) is 41.0 Å². The van der Waals surface area contributed by atoms with E-state index in [-0.39, 0.29) is 0 Å². The second kappa shape index (κ2) is 10.9. The number of ether oxygens (including phenoxy) is 2. The molecule has 0 atom stereocenters. The summed E-state index contributed by atoms with van der Waals surface area (Å²) in [4.78, 5) is 6.40. The van der Waals surface area contributed by atoms with Crippen LogP contribution in [0, 0.1) is 5.92 Å². The van der Waals surface area contributed by atoms with Crippen LogP contribution in [-0.2, 0) is 11.3 Å². The molecular formula is C18H31N3O2. The molecule has 23 heavy (non-hydrogen) atoms. The van der Waals surface area contributed by atoms with Gasteiger partial charge in [-0.25, -0.2) is 0 Å². The van der Waals surface area contributed by atoms with Crippen LogP contribution >= 0.6 is 0 Å². The van der Waals surface area contributed by atoms with E-state index in [1.165, 1.54) is 0 Å². The van der Waals surface area contributed by atoms with Crippen LogP contribution < -0.4 is 10.1 Å². The van der Waals surface area contributed by atoms with E-state index in [1.54, 1.807) is 14.2 Å². The molecular weight excluding hydrogens is 290 g/mol. The van der Waals surface area contributed by atoms with Gasteiger partial charge in [-0.2, -0.15) is 0 Å². The van der Waals surface area contributed by atoms with Gasteiger partial charge in [0.2, 0.25) is 0 Å². The van der Waals surface area contributed by atoms with Crippen LogP contribution in [0.1, 0.15) is 25.8 Å². The maximum atomic E-state index is 5.62. The smallest absolute Gasteiger partial charge is 0.193 e. The zero-order valence-electron chi connectivity index (χ0n) is 15.1. The fraction of sp³-hybridized carbons (Fsp3) is 0.611. The summed E-state index contributed by atoms with van der Waals surface area (Å²) in [5.41, 5.74) is 1.13. The normalized spacial score (nSPS) is 11.7. The number of hydrogen-bond acceptors (Lipinski definition) is 3. The van der Waals surface area contributed by atoms with Crippen LogP contribution in [-0.4, -0.2) is 51.8 Å². The molecule has 0 unspecified atom stereocenters. The van der Waals surface area contributed by atoms with Crippen molar-refractivity contribution in [3.8, 4) is 5.75 Å². The molecule has 5 nitrogen and oxygen atoms in total. The Hall–Kier alpha value is -1.75. The fourth-order valence-electron chi connectivity index (χ4n) is 2.20. The van der Waals surface area contributed by atoms with Gasteiger partial charge in [-0.1, -0.05) is 32.0 Å². The van der Waals surface area contributed by atoms with E-state index >= 15 is 0 Å². The molecule has 0 spiro atoms. The molecule has 0 radical (unpaired) electrons. The Morgan fingerprint density at radius 1 is 1.26 bits per heavy atom. The van der Waals surface area contributed by atoms with Gasteiger partial charge in [0.1, 0.15) is 5.75 Å².